The molecule has 1 aliphatic heterocycles. The molecule has 2 heterocycles. The standard InChI is InChI=1S/C17H23FN6S/c1-11-21-16-7-5-14(10-24(16)23-11)22-17(19-2)20-9-12-8-13(18)4-6-15(12)25-3/h4,6,8,14H,5,7,9-10H2,1-3H3,(H2,19,20,22). The van der Waals surface area contributed by atoms with Crippen LogP contribution in [0.5, 0.6) is 0 Å². The van der Waals surface area contributed by atoms with E-state index in [0.717, 1.165) is 41.5 Å². The molecule has 2 N–H and O–H groups in total. The smallest absolute Gasteiger partial charge is 0.191 e. The Morgan fingerprint density at radius 2 is 2.32 bits per heavy atom. The van der Waals surface area contributed by atoms with E-state index in [2.05, 4.69) is 25.7 Å². The number of halogens is 1. The van der Waals surface area contributed by atoms with Crippen LogP contribution in [0.2, 0.25) is 0 Å². The van der Waals surface area contributed by atoms with Crippen molar-refractivity contribution in [1.82, 2.24) is 25.4 Å². The van der Waals surface area contributed by atoms with Crippen molar-refractivity contribution < 1.29 is 4.39 Å². The Kier molecular flexibility index (Phi) is 5.57. The first kappa shape index (κ1) is 17.7. The fourth-order valence-electron chi connectivity index (χ4n) is 3.00. The predicted molar refractivity (Wildman–Crippen MR) is 98.4 cm³/mol. The van der Waals surface area contributed by atoms with Gasteiger partial charge in [-0.05, 0) is 43.4 Å². The second-order valence-electron chi connectivity index (χ2n) is 6.02. The van der Waals surface area contributed by atoms with Crippen LogP contribution in [0.15, 0.2) is 28.1 Å². The van der Waals surface area contributed by atoms with E-state index in [1.807, 2.05) is 23.9 Å². The summed E-state index contributed by atoms with van der Waals surface area (Å²) in [6, 6.07) is 5.11. The minimum absolute atomic E-state index is 0.223. The van der Waals surface area contributed by atoms with Crippen LogP contribution in [0.4, 0.5) is 4.39 Å². The van der Waals surface area contributed by atoms with Gasteiger partial charge in [0.1, 0.15) is 17.5 Å². The molecule has 0 aliphatic carbocycles. The first-order chi connectivity index (χ1) is 12.1. The molecule has 1 atom stereocenters. The van der Waals surface area contributed by atoms with Gasteiger partial charge in [0.15, 0.2) is 5.96 Å². The Balaban J connectivity index is 1.60. The number of fused-ring (bicyclic) bond motifs is 1. The van der Waals surface area contributed by atoms with Crippen LogP contribution in [0.25, 0.3) is 0 Å². The van der Waals surface area contributed by atoms with Crippen LogP contribution in [0.3, 0.4) is 0 Å². The quantitative estimate of drug-likeness (QED) is 0.495. The molecule has 6 nitrogen and oxygen atoms in total. The van der Waals surface area contributed by atoms with E-state index in [0.29, 0.717) is 12.5 Å². The van der Waals surface area contributed by atoms with Crippen molar-refractivity contribution in [2.45, 2.75) is 43.8 Å². The summed E-state index contributed by atoms with van der Waals surface area (Å²) in [6.45, 7) is 3.21. The van der Waals surface area contributed by atoms with E-state index in [1.54, 1.807) is 24.9 Å². The average molecular weight is 362 g/mol. The highest BCUT2D eigenvalue weighted by Crippen LogP contribution is 2.21. The van der Waals surface area contributed by atoms with Gasteiger partial charge < -0.3 is 10.6 Å². The van der Waals surface area contributed by atoms with Crippen molar-refractivity contribution >= 4 is 17.7 Å². The van der Waals surface area contributed by atoms with Crippen LogP contribution in [0.1, 0.15) is 23.6 Å². The van der Waals surface area contributed by atoms with Gasteiger partial charge in [0.25, 0.3) is 0 Å². The molecule has 0 amide bonds. The molecule has 134 valence electrons. The molecule has 0 radical (unpaired) electrons. The lowest BCUT2D eigenvalue weighted by molar-refractivity contribution is 0.392. The van der Waals surface area contributed by atoms with Crippen LogP contribution >= 0.6 is 11.8 Å². The second-order valence-corrected chi connectivity index (χ2v) is 6.87. The molecule has 0 saturated heterocycles. The summed E-state index contributed by atoms with van der Waals surface area (Å²) in [5.74, 6) is 2.34. The first-order valence-electron chi connectivity index (χ1n) is 8.29. The van der Waals surface area contributed by atoms with Crippen molar-refractivity contribution in [3.63, 3.8) is 0 Å². The zero-order chi connectivity index (χ0) is 17.8. The maximum Gasteiger partial charge on any atom is 0.191 e. The molecule has 0 fully saturated rings. The van der Waals surface area contributed by atoms with E-state index in [1.165, 1.54) is 6.07 Å². The molecule has 8 heteroatoms. The summed E-state index contributed by atoms with van der Waals surface area (Å²) < 4.78 is 15.5. The number of rotatable bonds is 4. The Bertz CT molecular complexity index is 772. The van der Waals surface area contributed by atoms with Gasteiger partial charge in [-0.2, -0.15) is 5.10 Å². The number of aryl methyl sites for hydroxylation is 2. The van der Waals surface area contributed by atoms with Crippen molar-refractivity contribution in [3.8, 4) is 0 Å². The van der Waals surface area contributed by atoms with Gasteiger partial charge in [0.05, 0.1) is 6.54 Å². The largest absolute Gasteiger partial charge is 0.352 e. The Hall–Kier alpha value is -2.09. The molecule has 0 saturated carbocycles. The number of guanidine groups is 1. The van der Waals surface area contributed by atoms with Gasteiger partial charge in [0.2, 0.25) is 0 Å². The van der Waals surface area contributed by atoms with E-state index in [4.69, 9.17) is 0 Å². The molecule has 25 heavy (non-hydrogen) atoms. The van der Waals surface area contributed by atoms with Gasteiger partial charge >= 0.3 is 0 Å². The lowest BCUT2D eigenvalue weighted by Gasteiger charge is -2.25. The first-order valence-corrected chi connectivity index (χ1v) is 9.51. The normalized spacial score (nSPS) is 17.3. The van der Waals surface area contributed by atoms with Crippen molar-refractivity contribution in [3.05, 3.63) is 41.2 Å². The third-order valence-electron chi connectivity index (χ3n) is 4.22. The zero-order valence-corrected chi connectivity index (χ0v) is 15.5. The minimum atomic E-state index is -0.223. The highest BCUT2D eigenvalue weighted by Gasteiger charge is 2.21. The number of aliphatic imine (C=N–C) groups is 1. The fraction of sp³-hybridized carbons (Fsp3) is 0.471. The SMILES string of the molecule is CN=C(NCc1cc(F)ccc1SC)NC1CCc2nc(C)nn2C1. The molecule has 1 unspecified atom stereocenters. The zero-order valence-electron chi connectivity index (χ0n) is 14.7. The number of hydrogen-bond acceptors (Lipinski definition) is 4. The van der Waals surface area contributed by atoms with E-state index in [-0.39, 0.29) is 11.9 Å². The highest BCUT2D eigenvalue weighted by molar-refractivity contribution is 7.98. The topological polar surface area (TPSA) is 67.1 Å². The summed E-state index contributed by atoms with van der Waals surface area (Å²) in [4.78, 5) is 9.77. The molecule has 3 rings (SSSR count). The van der Waals surface area contributed by atoms with Crippen LogP contribution in [0, 0.1) is 12.7 Å². The molecule has 1 aromatic carbocycles. The Morgan fingerprint density at radius 3 is 3.08 bits per heavy atom. The minimum Gasteiger partial charge on any atom is -0.352 e. The third-order valence-corrected chi connectivity index (χ3v) is 5.06. The molecular weight excluding hydrogens is 339 g/mol. The number of nitrogens with zero attached hydrogens (tertiary/aromatic N) is 4. The van der Waals surface area contributed by atoms with E-state index < -0.39 is 0 Å². The van der Waals surface area contributed by atoms with Gasteiger partial charge in [-0.25, -0.2) is 14.1 Å². The summed E-state index contributed by atoms with van der Waals surface area (Å²) in [7, 11) is 1.74. The van der Waals surface area contributed by atoms with Crippen LogP contribution in [-0.2, 0) is 19.5 Å². The molecule has 0 spiro atoms. The average Bonchev–Trinajstić information content (AvgIpc) is 2.98. The molecule has 0 bridgehead atoms. The highest BCUT2D eigenvalue weighted by atomic mass is 32.2. The van der Waals surface area contributed by atoms with Gasteiger partial charge in [0, 0.05) is 31.0 Å². The molecular formula is C17H23FN6S. The molecule has 2 aromatic rings. The number of thioether (sulfide) groups is 1. The lowest BCUT2D eigenvalue weighted by Crippen LogP contribution is -2.46. The Morgan fingerprint density at radius 1 is 1.48 bits per heavy atom. The third kappa shape index (κ3) is 4.31. The van der Waals surface area contributed by atoms with Gasteiger partial charge in [-0.1, -0.05) is 0 Å². The van der Waals surface area contributed by atoms with Crippen LogP contribution < -0.4 is 10.6 Å². The van der Waals surface area contributed by atoms with E-state index >= 15 is 0 Å². The maximum absolute atomic E-state index is 13.5. The monoisotopic (exact) mass is 362 g/mol. The number of nitrogens with one attached hydrogen (secondary N) is 2. The molecule has 1 aliphatic rings. The van der Waals surface area contributed by atoms with Crippen molar-refractivity contribution in [2.75, 3.05) is 13.3 Å². The fourth-order valence-corrected chi connectivity index (χ4v) is 3.60. The summed E-state index contributed by atoms with van der Waals surface area (Å²) in [5, 5.41) is 11.1. The lowest BCUT2D eigenvalue weighted by atomic mass is 10.1. The summed E-state index contributed by atoms with van der Waals surface area (Å²) in [6.07, 6.45) is 3.87. The van der Waals surface area contributed by atoms with E-state index in [9.17, 15) is 4.39 Å². The number of aromatic nitrogens is 3. The second kappa shape index (κ2) is 7.86. The van der Waals surface area contributed by atoms with Gasteiger partial charge in [-0.15, -0.1) is 11.8 Å². The Labute approximate surface area is 151 Å². The number of hydrogen-bond donors (Lipinski definition) is 2. The maximum atomic E-state index is 13.5. The van der Waals surface area contributed by atoms with Gasteiger partial charge in [-0.3, -0.25) is 4.99 Å². The number of benzene rings is 1. The van der Waals surface area contributed by atoms with Crippen LogP contribution in [-0.4, -0.2) is 40.1 Å². The van der Waals surface area contributed by atoms with Crippen molar-refractivity contribution in [1.29, 1.82) is 0 Å². The summed E-state index contributed by atoms with van der Waals surface area (Å²) in [5.41, 5.74) is 0.924. The molecule has 1 aromatic heterocycles. The summed E-state index contributed by atoms with van der Waals surface area (Å²) >= 11 is 1.61. The van der Waals surface area contributed by atoms with Crippen molar-refractivity contribution in [2.24, 2.45) is 4.99 Å². The predicted octanol–water partition coefficient (Wildman–Crippen LogP) is 2.13.